The quantitative estimate of drug-likeness (QED) is 0.856. The van der Waals surface area contributed by atoms with Crippen molar-refractivity contribution < 1.29 is 4.74 Å². The Bertz CT molecular complexity index is 371. The number of anilines is 2. The average molecular weight is 272 g/mol. The number of rotatable bonds is 4. The van der Waals surface area contributed by atoms with Crippen LogP contribution in [-0.2, 0) is 0 Å². The van der Waals surface area contributed by atoms with Crippen LogP contribution in [0.3, 0.4) is 0 Å². The van der Waals surface area contributed by atoms with Crippen LogP contribution >= 0.6 is 23.5 Å². The van der Waals surface area contributed by atoms with E-state index in [0.717, 1.165) is 6.54 Å². The molecule has 1 saturated heterocycles. The van der Waals surface area contributed by atoms with E-state index in [9.17, 15) is 0 Å². The second-order valence-electron chi connectivity index (χ2n) is 3.59. The fraction of sp³-hybridized carbons (Fsp3) is 0.600. The van der Waals surface area contributed by atoms with Crippen molar-refractivity contribution in [1.82, 2.24) is 9.97 Å². The molecule has 0 aromatic carbocycles. The van der Waals surface area contributed by atoms with Crippen LogP contribution in [-0.4, -0.2) is 46.1 Å². The largest absolute Gasteiger partial charge is 0.479 e. The molecule has 0 saturated carbocycles. The van der Waals surface area contributed by atoms with Crippen LogP contribution in [0, 0.1) is 0 Å². The van der Waals surface area contributed by atoms with E-state index in [4.69, 9.17) is 10.5 Å². The molecule has 0 bridgehead atoms. The molecule has 1 aliphatic rings. The smallest absolute Gasteiger partial charge is 0.242 e. The molecular weight excluding hydrogens is 256 g/mol. The molecule has 17 heavy (non-hydrogen) atoms. The van der Waals surface area contributed by atoms with Crippen LogP contribution in [0.4, 0.5) is 11.5 Å². The first-order chi connectivity index (χ1) is 8.31. The molecule has 1 aromatic heterocycles. The fourth-order valence-corrected chi connectivity index (χ4v) is 4.16. The molecule has 5 nitrogen and oxygen atoms in total. The van der Waals surface area contributed by atoms with Gasteiger partial charge >= 0.3 is 0 Å². The minimum absolute atomic E-state index is 0.424. The Morgan fingerprint density at radius 2 is 2.41 bits per heavy atom. The number of thioether (sulfide) groups is 2. The van der Waals surface area contributed by atoms with Crippen molar-refractivity contribution in [1.29, 1.82) is 0 Å². The van der Waals surface area contributed by atoms with Gasteiger partial charge in [0.15, 0.2) is 5.82 Å². The van der Waals surface area contributed by atoms with E-state index in [-0.39, 0.29) is 0 Å². The van der Waals surface area contributed by atoms with Gasteiger partial charge in [-0.05, 0) is 0 Å². The van der Waals surface area contributed by atoms with Crippen molar-refractivity contribution >= 4 is 35.0 Å². The van der Waals surface area contributed by atoms with Gasteiger partial charge in [-0.2, -0.15) is 28.5 Å². The third kappa shape index (κ3) is 3.32. The summed E-state index contributed by atoms with van der Waals surface area (Å²) < 4.78 is 5.05. The first-order valence-corrected chi connectivity index (χ1v) is 7.59. The predicted octanol–water partition coefficient (Wildman–Crippen LogP) is 1.33. The lowest BCUT2D eigenvalue weighted by molar-refractivity contribution is 0.399. The number of aromatic nitrogens is 2. The molecule has 3 N–H and O–H groups in total. The summed E-state index contributed by atoms with van der Waals surface area (Å²) in [5.41, 5.74) is 6.36. The third-order valence-electron chi connectivity index (χ3n) is 2.42. The topological polar surface area (TPSA) is 73.1 Å². The van der Waals surface area contributed by atoms with Crippen LogP contribution in [0.1, 0.15) is 0 Å². The highest BCUT2D eigenvalue weighted by Gasteiger charge is 2.15. The highest BCUT2D eigenvalue weighted by molar-refractivity contribution is 8.06. The highest BCUT2D eigenvalue weighted by Crippen LogP contribution is 2.27. The van der Waals surface area contributed by atoms with E-state index in [1.807, 2.05) is 23.5 Å². The molecule has 1 atom stereocenters. The summed E-state index contributed by atoms with van der Waals surface area (Å²) in [6.45, 7) is 0.877. The fourth-order valence-electron chi connectivity index (χ4n) is 1.55. The van der Waals surface area contributed by atoms with Crippen molar-refractivity contribution in [2.45, 2.75) is 5.25 Å². The minimum atomic E-state index is 0.424. The Kier molecular flexibility index (Phi) is 4.61. The zero-order chi connectivity index (χ0) is 12.1. The van der Waals surface area contributed by atoms with Crippen LogP contribution < -0.4 is 15.8 Å². The van der Waals surface area contributed by atoms with E-state index in [1.165, 1.54) is 23.6 Å². The van der Waals surface area contributed by atoms with Gasteiger partial charge in [0.25, 0.3) is 0 Å². The maximum Gasteiger partial charge on any atom is 0.242 e. The standard InChI is InChI=1S/C10H16N4OS2/c1-15-10-8(11)9(13-6-14-10)12-4-7-5-16-2-3-17-7/h6-7H,2-5,11H2,1H3,(H,12,13,14). The molecular formula is C10H16N4OS2. The lowest BCUT2D eigenvalue weighted by atomic mass is 10.4. The summed E-state index contributed by atoms with van der Waals surface area (Å²) in [5, 5.41) is 3.89. The van der Waals surface area contributed by atoms with Crippen molar-refractivity contribution in [2.24, 2.45) is 0 Å². The molecule has 0 amide bonds. The summed E-state index contributed by atoms with van der Waals surface area (Å²) in [5.74, 6) is 4.74. The van der Waals surface area contributed by atoms with Gasteiger partial charge < -0.3 is 15.8 Å². The van der Waals surface area contributed by atoms with Gasteiger partial charge in [-0.15, -0.1) is 0 Å². The Morgan fingerprint density at radius 3 is 3.12 bits per heavy atom. The summed E-state index contributed by atoms with van der Waals surface area (Å²) in [4.78, 5) is 8.07. The number of methoxy groups -OCH3 is 1. The molecule has 1 aromatic rings. The van der Waals surface area contributed by atoms with Gasteiger partial charge in [-0.25, -0.2) is 4.98 Å². The van der Waals surface area contributed by atoms with Gasteiger partial charge in [-0.3, -0.25) is 0 Å². The molecule has 94 valence electrons. The molecule has 1 aliphatic heterocycles. The van der Waals surface area contributed by atoms with E-state index in [1.54, 1.807) is 7.11 Å². The van der Waals surface area contributed by atoms with E-state index in [0.29, 0.717) is 22.6 Å². The highest BCUT2D eigenvalue weighted by atomic mass is 32.2. The van der Waals surface area contributed by atoms with Crippen molar-refractivity contribution in [3.8, 4) is 5.88 Å². The Labute approximate surface area is 109 Å². The number of hydrogen-bond donors (Lipinski definition) is 2. The van der Waals surface area contributed by atoms with Gasteiger partial charge in [0.2, 0.25) is 5.88 Å². The summed E-state index contributed by atoms with van der Waals surface area (Å²) in [6.07, 6.45) is 1.46. The van der Waals surface area contributed by atoms with Crippen molar-refractivity contribution in [3.05, 3.63) is 6.33 Å². The maximum atomic E-state index is 5.88. The van der Waals surface area contributed by atoms with Gasteiger partial charge in [0.1, 0.15) is 12.0 Å². The van der Waals surface area contributed by atoms with Gasteiger partial charge in [0, 0.05) is 29.1 Å². The first kappa shape index (κ1) is 12.6. The van der Waals surface area contributed by atoms with Gasteiger partial charge in [-0.1, -0.05) is 0 Å². The third-order valence-corrected chi connectivity index (χ3v) is 5.27. The first-order valence-electron chi connectivity index (χ1n) is 5.39. The zero-order valence-corrected chi connectivity index (χ0v) is 11.3. The minimum Gasteiger partial charge on any atom is -0.479 e. The SMILES string of the molecule is COc1ncnc(NCC2CSCCS2)c1N. The molecule has 7 heteroatoms. The second-order valence-corrected chi connectivity index (χ2v) is 6.15. The average Bonchev–Trinajstić information content (AvgIpc) is 2.39. The number of nitrogens with two attached hydrogens (primary N) is 1. The Morgan fingerprint density at radius 1 is 1.53 bits per heavy atom. The molecule has 0 aliphatic carbocycles. The molecule has 2 heterocycles. The number of nitrogens with one attached hydrogen (secondary N) is 1. The Hall–Kier alpha value is -0.820. The van der Waals surface area contributed by atoms with Gasteiger partial charge in [0.05, 0.1) is 7.11 Å². The van der Waals surface area contributed by atoms with Crippen LogP contribution in [0.15, 0.2) is 6.33 Å². The molecule has 0 spiro atoms. The molecule has 2 rings (SSSR count). The lowest BCUT2D eigenvalue weighted by Gasteiger charge is -2.21. The van der Waals surface area contributed by atoms with Crippen molar-refractivity contribution in [3.63, 3.8) is 0 Å². The maximum absolute atomic E-state index is 5.88. The molecule has 1 unspecified atom stereocenters. The molecule has 1 fully saturated rings. The summed E-state index contributed by atoms with van der Waals surface area (Å²) >= 11 is 4.00. The van der Waals surface area contributed by atoms with E-state index >= 15 is 0 Å². The predicted molar refractivity (Wildman–Crippen MR) is 75.1 cm³/mol. The van der Waals surface area contributed by atoms with E-state index in [2.05, 4.69) is 15.3 Å². The second kappa shape index (κ2) is 6.20. The number of nitrogens with zero attached hydrogens (tertiary/aromatic N) is 2. The van der Waals surface area contributed by atoms with Crippen molar-refractivity contribution in [2.75, 3.05) is 42.0 Å². The summed E-state index contributed by atoms with van der Waals surface area (Å²) in [6, 6.07) is 0. The van der Waals surface area contributed by atoms with Crippen LogP contribution in [0.2, 0.25) is 0 Å². The lowest BCUT2D eigenvalue weighted by Crippen LogP contribution is -2.24. The van der Waals surface area contributed by atoms with Crippen LogP contribution in [0.25, 0.3) is 0 Å². The molecule has 0 radical (unpaired) electrons. The normalized spacial score (nSPS) is 19.9. The summed E-state index contributed by atoms with van der Waals surface area (Å²) in [7, 11) is 1.55. The number of nitrogen functional groups attached to an aromatic ring is 1. The monoisotopic (exact) mass is 272 g/mol. The zero-order valence-electron chi connectivity index (χ0n) is 9.68. The Balaban J connectivity index is 1.93. The number of ether oxygens (including phenoxy) is 1. The van der Waals surface area contributed by atoms with Crippen LogP contribution in [0.5, 0.6) is 5.88 Å². The number of hydrogen-bond acceptors (Lipinski definition) is 7. The van der Waals surface area contributed by atoms with E-state index < -0.39 is 0 Å².